The molecule has 0 aromatic carbocycles. The third-order valence-electron chi connectivity index (χ3n) is 1.53. The fourth-order valence-electron chi connectivity index (χ4n) is 0.870. The molecule has 0 fully saturated rings. The summed E-state index contributed by atoms with van der Waals surface area (Å²) in [6.07, 6.45) is 2.06. The van der Waals surface area contributed by atoms with Gasteiger partial charge in [0.25, 0.3) is 10.0 Å². The molecule has 0 saturated carbocycles. The first-order valence-electron chi connectivity index (χ1n) is 3.45. The topological polar surface area (TPSA) is 92.4 Å². The first kappa shape index (κ1) is 10.2. The molecule has 0 amide bonds. The Bertz CT molecular complexity index is 410. The van der Waals surface area contributed by atoms with E-state index in [1.54, 1.807) is 0 Å². The summed E-state index contributed by atoms with van der Waals surface area (Å²) in [6, 6.07) is 0. The van der Waals surface area contributed by atoms with E-state index >= 15 is 0 Å². The largest absolute Gasteiger partial charge is 0.491 e. The second kappa shape index (κ2) is 3.13. The predicted octanol–water partition coefficient (Wildman–Crippen LogP) is -2.32. The molecule has 0 radical (unpaired) electrons. The molecule has 0 aliphatic heterocycles. The smallest absolute Gasteiger partial charge is 0.423 e. The van der Waals surface area contributed by atoms with E-state index < -0.39 is 17.1 Å². The molecule has 1 aromatic rings. The van der Waals surface area contributed by atoms with E-state index in [1.807, 2.05) is 0 Å². The fraction of sp³-hybridized carbons (Fsp3) is 0.400. The van der Waals surface area contributed by atoms with Crippen LogP contribution in [0.4, 0.5) is 0 Å². The molecule has 2 N–H and O–H groups in total. The molecule has 13 heavy (non-hydrogen) atoms. The Morgan fingerprint density at radius 1 is 1.54 bits per heavy atom. The highest BCUT2D eigenvalue weighted by atomic mass is 32.2. The number of aryl methyl sites for hydroxylation is 1. The van der Waals surface area contributed by atoms with Gasteiger partial charge in [-0.25, -0.2) is 8.42 Å². The van der Waals surface area contributed by atoms with Crippen LogP contribution in [0, 0.1) is 6.92 Å². The zero-order valence-corrected chi connectivity index (χ0v) is 7.98. The van der Waals surface area contributed by atoms with E-state index in [4.69, 9.17) is 10.0 Å². The Labute approximate surface area is 76.0 Å². The lowest BCUT2D eigenvalue weighted by Gasteiger charge is -1.94. The Morgan fingerprint density at radius 2 is 2.08 bits per heavy atom. The monoisotopic (exact) mass is 204 g/mol. The summed E-state index contributed by atoms with van der Waals surface area (Å²) in [7, 11) is -5.15. The number of hydrogen-bond acceptors (Lipinski definition) is 5. The average Bonchev–Trinajstić information content (AvgIpc) is 2.29. The van der Waals surface area contributed by atoms with Crippen molar-refractivity contribution in [2.24, 2.45) is 0 Å². The van der Waals surface area contributed by atoms with Crippen molar-refractivity contribution in [1.29, 1.82) is 0 Å². The normalized spacial score (nSPS) is 11.7. The van der Waals surface area contributed by atoms with Gasteiger partial charge >= 0.3 is 7.12 Å². The third kappa shape index (κ3) is 2.08. The van der Waals surface area contributed by atoms with Crippen LogP contribution in [0.2, 0.25) is 0 Å². The lowest BCUT2D eigenvalue weighted by atomic mass is 9.81. The molecule has 72 valence electrons. The van der Waals surface area contributed by atoms with Crippen molar-refractivity contribution in [2.75, 3.05) is 6.26 Å². The van der Waals surface area contributed by atoms with Crippen molar-refractivity contribution >= 4 is 22.6 Å². The van der Waals surface area contributed by atoms with Crippen molar-refractivity contribution in [3.05, 3.63) is 11.9 Å². The molecule has 1 heterocycles. The van der Waals surface area contributed by atoms with E-state index in [-0.39, 0.29) is 11.2 Å². The van der Waals surface area contributed by atoms with Crippen molar-refractivity contribution in [1.82, 2.24) is 9.19 Å². The summed E-state index contributed by atoms with van der Waals surface area (Å²) in [5.74, 6) is 0. The van der Waals surface area contributed by atoms with Crippen LogP contribution in [0.5, 0.6) is 0 Å². The Kier molecular flexibility index (Phi) is 2.46. The zero-order chi connectivity index (χ0) is 10.2. The molecule has 0 aliphatic rings. The van der Waals surface area contributed by atoms with Gasteiger partial charge in [0.1, 0.15) is 0 Å². The molecule has 0 aliphatic carbocycles. The van der Waals surface area contributed by atoms with Crippen molar-refractivity contribution < 1.29 is 18.5 Å². The maximum Gasteiger partial charge on any atom is 0.491 e. The van der Waals surface area contributed by atoms with Crippen LogP contribution >= 0.6 is 0 Å². The van der Waals surface area contributed by atoms with Crippen LogP contribution in [0.25, 0.3) is 0 Å². The van der Waals surface area contributed by atoms with Crippen molar-refractivity contribution in [3.8, 4) is 0 Å². The molecule has 0 atom stereocenters. The van der Waals surface area contributed by atoms with E-state index in [9.17, 15) is 8.42 Å². The summed E-state index contributed by atoms with van der Waals surface area (Å²) < 4.78 is 22.6. The SMILES string of the molecule is Cc1nn(S(C)(=O)=O)cc1B(O)O. The molecule has 0 unspecified atom stereocenters. The van der Waals surface area contributed by atoms with Crippen LogP contribution in [0.1, 0.15) is 5.69 Å². The minimum absolute atomic E-state index is 0.0884. The second-order valence-corrected chi connectivity index (χ2v) is 4.52. The highest BCUT2D eigenvalue weighted by molar-refractivity contribution is 7.89. The van der Waals surface area contributed by atoms with Gasteiger partial charge in [-0.15, -0.1) is 0 Å². The Balaban J connectivity index is 3.25. The van der Waals surface area contributed by atoms with E-state index in [1.165, 1.54) is 6.92 Å². The second-order valence-electron chi connectivity index (χ2n) is 2.68. The molecule has 0 bridgehead atoms. The standard InChI is InChI=1S/C5H9BN2O4S/c1-4-5(6(9)10)3-8(7-4)13(2,11)12/h3,9-10H,1-2H3. The van der Waals surface area contributed by atoms with Gasteiger partial charge in [-0.2, -0.15) is 9.19 Å². The maximum atomic E-state index is 11.0. The summed E-state index contributed by atoms with van der Waals surface area (Å²) in [4.78, 5) is 0. The average molecular weight is 204 g/mol. The predicted molar refractivity (Wildman–Crippen MR) is 47.0 cm³/mol. The number of nitrogens with zero attached hydrogens (tertiary/aromatic N) is 2. The Hall–Kier alpha value is -0.855. The van der Waals surface area contributed by atoms with Gasteiger partial charge in [-0.05, 0) is 6.92 Å². The number of rotatable bonds is 2. The van der Waals surface area contributed by atoms with Crippen LogP contribution in [0.3, 0.4) is 0 Å². The molecular weight excluding hydrogens is 195 g/mol. The lowest BCUT2D eigenvalue weighted by Crippen LogP contribution is -2.30. The van der Waals surface area contributed by atoms with Gasteiger partial charge in [-0.1, -0.05) is 0 Å². The molecule has 1 rings (SSSR count). The van der Waals surface area contributed by atoms with Gasteiger partial charge in [0.15, 0.2) is 0 Å². The zero-order valence-electron chi connectivity index (χ0n) is 7.17. The lowest BCUT2D eigenvalue weighted by molar-refractivity contribution is 0.425. The van der Waals surface area contributed by atoms with Gasteiger partial charge in [-0.3, -0.25) is 0 Å². The number of hydrogen-bond donors (Lipinski definition) is 2. The van der Waals surface area contributed by atoms with E-state index in [2.05, 4.69) is 5.10 Å². The highest BCUT2D eigenvalue weighted by Crippen LogP contribution is 1.95. The van der Waals surface area contributed by atoms with E-state index in [0.29, 0.717) is 4.09 Å². The maximum absolute atomic E-state index is 11.0. The molecule has 8 heteroatoms. The number of aromatic nitrogens is 2. The van der Waals surface area contributed by atoms with Crippen molar-refractivity contribution in [2.45, 2.75) is 6.92 Å². The molecular formula is C5H9BN2O4S. The van der Waals surface area contributed by atoms with Crippen LogP contribution in [-0.4, -0.2) is 41.0 Å². The Morgan fingerprint density at radius 3 is 2.31 bits per heavy atom. The van der Waals surface area contributed by atoms with Crippen LogP contribution in [0.15, 0.2) is 6.20 Å². The van der Waals surface area contributed by atoms with Gasteiger partial charge in [0.2, 0.25) is 0 Å². The fourth-order valence-corrected chi connectivity index (χ4v) is 1.45. The summed E-state index contributed by atoms with van der Waals surface area (Å²) in [5.41, 5.74) is 0.367. The highest BCUT2D eigenvalue weighted by Gasteiger charge is 2.20. The minimum Gasteiger partial charge on any atom is -0.423 e. The summed E-state index contributed by atoms with van der Waals surface area (Å²) in [5, 5.41) is 21.2. The van der Waals surface area contributed by atoms with E-state index in [0.717, 1.165) is 12.5 Å². The quantitative estimate of drug-likeness (QED) is 0.527. The first-order valence-corrected chi connectivity index (χ1v) is 5.30. The minimum atomic E-state index is -3.45. The van der Waals surface area contributed by atoms with Crippen LogP contribution in [-0.2, 0) is 10.0 Å². The molecule has 1 aromatic heterocycles. The van der Waals surface area contributed by atoms with Gasteiger partial charge < -0.3 is 10.0 Å². The summed E-state index contributed by atoms with van der Waals surface area (Å²) >= 11 is 0. The third-order valence-corrected chi connectivity index (χ3v) is 2.40. The molecule has 0 spiro atoms. The molecule has 0 saturated heterocycles. The van der Waals surface area contributed by atoms with Crippen LogP contribution < -0.4 is 5.46 Å². The van der Waals surface area contributed by atoms with Gasteiger partial charge in [0.05, 0.1) is 11.9 Å². The molecule has 6 nitrogen and oxygen atoms in total. The van der Waals surface area contributed by atoms with Crippen molar-refractivity contribution in [3.63, 3.8) is 0 Å². The van der Waals surface area contributed by atoms with Gasteiger partial charge in [0, 0.05) is 11.7 Å². The first-order chi connectivity index (χ1) is 5.82. The summed E-state index contributed by atoms with van der Waals surface area (Å²) in [6.45, 7) is 1.50.